The van der Waals surface area contributed by atoms with Gasteiger partial charge in [0.25, 0.3) is 0 Å². The molecule has 44 heavy (non-hydrogen) atoms. The lowest BCUT2D eigenvalue weighted by Crippen LogP contribution is -2.69. The van der Waals surface area contributed by atoms with Crippen molar-refractivity contribution in [3.8, 4) is 0 Å². The number of hydrogen-bond donors (Lipinski definition) is 2. The van der Waals surface area contributed by atoms with E-state index >= 15 is 8.78 Å². The van der Waals surface area contributed by atoms with E-state index in [1.165, 1.54) is 43.3 Å². The molecule has 1 aromatic rings. The van der Waals surface area contributed by atoms with E-state index in [0.29, 0.717) is 0 Å². The molecule has 0 aromatic heterocycles. The number of nitrogens with zero attached hydrogens (tertiary/aromatic N) is 1. The van der Waals surface area contributed by atoms with Crippen LogP contribution in [0.15, 0.2) is 59.0 Å². The third-order valence-corrected chi connectivity index (χ3v) is 13.6. The lowest BCUT2D eigenvalue weighted by Gasteiger charge is -2.63. The summed E-state index contributed by atoms with van der Waals surface area (Å²) < 4.78 is 68.1. The number of Topliss-reactive ketones (excluding diaryl/α,β-unsaturated/α-hetero) is 1. The minimum Gasteiger partial charge on any atom is -0.465 e. The molecule has 1 aromatic carbocycles. The van der Waals surface area contributed by atoms with E-state index in [4.69, 9.17) is 4.74 Å². The van der Waals surface area contributed by atoms with E-state index in [1.54, 1.807) is 19.9 Å². The molecule has 3 saturated carbocycles. The minimum absolute atomic E-state index is 0.0416. The first-order valence-corrected chi connectivity index (χ1v) is 16.4. The van der Waals surface area contributed by atoms with Gasteiger partial charge in [-0.05, 0) is 74.3 Å². The van der Waals surface area contributed by atoms with Crippen LogP contribution in [0.25, 0.3) is 0 Å². The number of sulfonamides is 1. The molecule has 1 unspecified atom stereocenters. The number of halogens is 2. The average molecular weight is 634 g/mol. The highest BCUT2D eigenvalue weighted by molar-refractivity contribution is 7.89. The van der Waals surface area contributed by atoms with Crippen LogP contribution in [0.4, 0.5) is 8.78 Å². The number of hydrogen-bond acceptors (Lipinski definition) is 8. The Hall–Kier alpha value is -2.80. The lowest BCUT2D eigenvalue weighted by atomic mass is 9.43. The number of ether oxygens (including phenoxy) is 1. The summed E-state index contributed by atoms with van der Waals surface area (Å²) in [6, 6.07) is 5.95. The van der Waals surface area contributed by atoms with Gasteiger partial charge in [0.05, 0.1) is 23.0 Å². The van der Waals surface area contributed by atoms with Gasteiger partial charge in [-0.3, -0.25) is 14.4 Å². The number of esters is 1. The standard InChI is InChI=1S/C32H37F2NO8S/c1-4-43-28(40)27-23-13-20-21-14-24(33)22-12-18(37)10-11-29(22,2)32(21,34)25(38)15-30(20,3)31(23,26(39)16-36)17-35(27)44(41,42)19-8-6-5-7-9-19/h5-12,20-21,23-25,27,36,38H,4,13-17H2,1-3H3/t20-,21-,23-,24-,25-,27?,29-,30-,31+,32-/m0/s1. The molecule has 1 saturated heterocycles. The third kappa shape index (κ3) is 3.71. The molecule has 12 heteroatoms. The number of carbonyl (C=O) groups is 3. The van der Waals surface area contributed by atoms with E-state index in [-0.39, 0.29) is 36.3 Å². The van der Waals surface area contributed by atoms with Crippen molar-refractivity contribution < 1.29 is 46.5 Å². The topological polar surface area (TPSA) is 138 Å². The van der Waals surface area contributed by atoms with Crippen molar-refractivity contribution >= 4 is 27.6 Å². The van der Waals surface area contributed by atoms with E-state index in [1.807, 2.05) is 0 Å². The fraction of sp³-hybridized carbons (Fsp3) is 0.594. The number of aliphatic hydroxyl groups is 2. The monoisotopic (exact) mass is 633 g/mol. The predicted octanol–water partition coefficient (Wildman–Crippen LogP) is 2.72. The molecule has 1 aliphatic heterocycles. The predicted molar refractivity (Wildman–Crippen MR) is 153 cm³/mol. The van der Waals surface area contributed by atoms with Crippen LogP contribution in [0.2, 0.25) is 0 Å². The summed E-state index contributed by atoms with van der Waals surface area (Å²) >= 11 is 0. The van der Waals surface area contributed by atoms with Gasteiger partial charge >= 0.3 is 5.97 Å². The Morgan fingerprint density at radius 2 is 1.80 bits per heavy atom. The molecule has 4 aliphatic carbocycles. The van der Waals surface area contributed by atoms with Crippen molar-refractivity contribution in [3.05, 3.63) is 54.1 Å². The van der Waals surface area contributed by atoms with E-state index in [9.17, 15) is 33.0 Å². The Morgan fingerprint density at radius 3 is 2.43 bits per heavy atom. The molecule has 238 valence electrons. The first kappa shape index (κ1) is 31.2. The maximum atomic E-state index is 17.7. The van der Waals surface area contributed by atoms with E-state index < -0.39 is 98.7 Å². The van der Waals surface area contributed by atoms with Crippen molar-refractivity contribution in [2.45, 2.75) is 68.9 Å². The Labute approximate surface area is 255 Å². The van der Waals surface area contributed by atoms with E-state index in [0.717, 1.165) is 10.4 Å². The molecule has 5 aliphatic rings. The lowest BCUT2D eigenvalue weighted by molar-refractivity contribution is -0.211. The Balaban J connectivity index is 1.53. The first-order valence-electron chi connectivity index (χ1n) is 15.0. The zero-order valence-electron chi connectivity index (χ0n) is 24.8. The minimum atomic E-state index is -4.37. The normalized spacial score (nSPS) is 43.0. The van der Waals surface area contributed by atoms with Gasteiger partial charge < -0.3 is 14.9 Å². The Bertz CT molecular complexity index is 1580. The molecule has 0 amide bonds. The number of allylic oxidation sites excluding steroid dienone is 4. The summed E-state index contributed by atoms with van der Waals surface area (Å²) in [5.41, 5.74) is -7.18. The highest BCUT2D eigenvalue weighted by Crippen LogP contribution is 2.75. The van der Waals surface area contributed by atoms with Crippen LogP contribution in [0, 0.1) is 34.0 Å². The van der Waals surface area contributed by atoms with Crippen molar-refractivity contribution in [3.63, 3.8) is 0 Å². The fourth-order valence-electron chi connectivity index (χ4n) is 9.87. The fourth-order valence-corrected chi connectivity index (χ4v) is 11.5. The van der Waals surface area contributed by atoms with Crippen molar-refractivity contribution in [2.75, 3.05) is 19.8 Å². The van der Waals surface area contributed by atoms with Crippen LogP contribution in [0.5, 0.6) is 0 Å². The summed E-state index contributed by atoms with van der Waals surface area (Å²) in [4.78, 5) is 39.7. The van der Waals surface area contributed by atoms with Crippen LogP contribution in [-0.4, -0.2) is 84.2 Å². The van der Waals surface area contributed by atoms with Crippen molar-refractivity contribution in [2.24, 2.45) is 34.0 Å². The second kappa shape index (κ2) is 10.1. The smallest absolute Gasteiger partial charge is 0.324 e. The summed E-state index contributed by atoms with van der Waals surface area (Å²) in [6.07, 6.45) is -0.606. The molecule has 0 bridgehead atoms. The largest absolute Gasteiger partial charge is 0.465 e. The van der Waals surface area contributed by atoms with Crippen molar-refractivity contribution in [1.82, 2.24) is 4.31 Å². The highest BCUT2D eigenvalue weighted by Gasteiger charge is 2.80. The van der Waals surface area contributed by atoms with Crippen LogP contribution < -0.4 is 0 Å². The summed E-state index contributed by atoms with van der Waals surface area (Å²) in [5.74, 6) is -5.06. The SMILES string of the molecule is CCOC(=O)C1[C@@H]2C[C@H]3[C@@H]4C[C@H](F)C5=CC(=O)C=C[C@]5(C)[C@@]4(F)[C@@H](O)C[C@]3(C)[C@]2(C(=O)CO)CN1S(=O)(=O)c1ccccc1. The maximum Gasteiger partial charge on any atom is 0.324 e. The molecule has 4 fully saturated rings. The molecule has 0 radical (unpaired) electrons. The number of fused-ring (bicyclic) bond motifs is 7. The Morgan fingerprint density at radius 1 is 1.11 bits per heavy atom. The molecule has 0 spiro atoms. The van der Waals surface area contributed by atoms with Crippen LogP contribution in [0.3, 0.4) is 0 Å². The maximum absolute atomic E-state index is 17.7. The van der Waals surface area contributed by atoms with Crippen LogP contribution >= 0.6 is 0 Å². The second-order valence-corrected chi connectivity index (χ2v) is 15.2. The molecule has 2 N–H and O–H groups in total. The zero-order chi connectivity index (χ0) is 32.0. The van der Waals surface area contributed by atoms with Crippen molar-refractivity contribution in [1.29, 1.82) is 0 Å². The van der Waals surface area contributed by atoms with Gasteiger partial charge in [-0.25, -0.2) is 17.2 Å². The number of alkyl halides is 2. The molecular formula is C32H37F2NO8S. The quantitative estimate of drug-likeness (QED) is 0.457. The van der Waals surface area contributed by atoms with Gasteiger partial charge in [0, 0.05) is 23.8 Å². The number of rotatable bonds is 6. The third-order valence-electron chi connectivity index (χ3n) is 11.8. The summed E-state index contributed by atoms with van der Waals surface area (Å²) in [7, 11) is -4.37. The van der Waals surface area contributed by atoms with Gasteiger partial charge in [-0.2, -0.15) is 4.31 Å². The number of carbonyl (C=O) groups excluding carboxylic acids is 3. The second-order valence-electron chi connectivity index (χ2n) is 13.3. The van der Waals surface area contributed by atoms with Gasteiger partial charge in [-0.1, -0.05) is 31.2 Å². The van der Waals surface area contributed by atoms with Gasteiger partial charge in [0.2, 0.25) is 10.0 Å². The number of aliphatic hydroxyl groups excluding tert-OH is 2. The van der Waals surface area contributed by atoms with Gasteiger partial charge in [0.15, 0.2) is 17.2 Å². The first-order chi connectivity index (χ1) is 20.6. The highest BCUT2D eigenvalue weighted by atomic mass is 32.2. The molecule has 6 rings (SSSR count). The molecule has 1 heterocycles. The summed E-state index contributed by atoms with van der Waals surface area (Å²) in [6.45, 7) is 3.15. The van der Waals surface area contributed by atoms with Gasteiger partial charge in [-0.15, -0.1) is 0 Å². The average Bonchev–Trinajstić information content (AvgIpc) is 3.47. The van der Waals surface area contributed by atoms with E-state index in [2.05, 4.69) is 0 Å². The number of benzene rings is 1. The molecule has 10 atom stereocenters. The zero-order valence-corrected chi connectivity index (χ0v) is 25.6. The number of ketones is 2. The van der Waals surface area contributed by atoms with Crippen LogP contribution in [-0.2, 0) is 29.1 Å². The van der Waals surface area contributed by atoms with Crippen LogP contribution in [0.1, 0.15) is 40.0 Å². The molecular weight excluding hydrogens is 596 g/mol. The van der Waals surface area contributed by atoms with Gasteiger partial charge in [0.1, 0.15) is 18.8 Å². The summed E-state index contributed by atoms with van der Waals surface area (Å²) in [5, 5.41) is 22.1. The molecule has 9 nitrogen and oxygen atoms in total. The Kier molecular flexibility index (Phi) is 7.16.